The highest BCUT2D eigenvalue weighted by atomic mass is 16.5. The highest BCUT2D eigenvalue weighted by Gasteiger charge is 2.37. The van der Waals surface area contributed by atoms with Crippen LogP contribution in [0.5, 0.6) is 0 Å². The minimum Gasteiger partial charge on any atom is -0.378 e. The van der Waals surface area contributed by atoms with Gasteiger partial charge in [-0.15, -0.1) is 0 Å². The molecule has 0 saturated carbocycles. The molecule has 0 aliphatic carbocycles. The summed E-state index contributed by atoms with van der Waals surface area (Å²) in [5, 5.41) is 0. The Bertz CT molecular complexity index is 500. The molecule has 1 saturated heterocycles. The molecule has 2 rings (SSSR count). The molecule has 1 amide bonds. The van der Waals surface area contributed by atoms with Crippen LogP contribution in [0.4, 0.5) is 5.69 Å². The van der Waals surface area contributed by atoms with Gasteiger partial charge in [0.25, 0.3) is 5.91 Å². The molecule has 1 aromatic rings. The summed E-state index contributed by atoms with van der Waals surface area (Å²) < 4.78 is 5.65. The van der Waals surface area contributed by atoms with E-state index in [4.69, 9.17) is 4.74 Å². The first-order valence-corrected chi connectivity index (χ1v) is 6.88. The fourth-order valence-corrected chi connectivity index (χ4v) is 2.29. The summed E-state index contributed by atoms with van der Waals surface area (Å²) in [4.78, 5) is 20.8. The van der Waals surface area contributed by atoms with Crippen molar-refractivity contribution >= 4 is 11.6 Å². The van der Waals surface area contributed by atoms with Gasteiger partial charge in [-0.2, -0.15) is 0 Å². The molecule has 0 unspecified atom stereocenters. The Kier molecular flexibility index (Phi) is 3.99. The number of carbonyl (C=O) groups is 1. The SMILES string of the molecule is C[C@H]1CN(C(=O)c2cc(N(C)C)ccn2)C(C)(C)CO1. The van der Waals surface area contributed by atoms with Crippen LogP contribution in [0.3, 0.4) is 0 Å². The minimum atomic E-state index is -0.306. The summed E-state index contributed by atoms with van der Waals surface area (Å²) in [6, 6.07) is 3.72. The van der Waals surface area contributed by atoms with Gasteiger partial charge in [0.15, 0.2) is 0 Å². The summed E-state index contributed by atoms with van der Waals surface area (Å²) >= 11 is 0. The van der Waals surface area contributed by atoms with Crippen LogP contribution in [0.1, 0.15) is 31.3 Å². The summed E-state index contributed by atoms with van der Waals surface area (Å²) in [7, 11) is 3.90. The first-order valence-electron chi connectivity index (χ1n) is 6.88. The van der Waals surface area contributed by atoms with Gasteiger partial charge >= 0.3 is 0 Å². The van der Waals surface area contributed by atoms with E-state index in [1.54, 1.807) is 6.20 Å². The second kappa shape index (κ2) is 5.40. The zero-order valence-corrected chi connectivity index (χ0v) is 12.9. The quantitative estimate of drug-likeness (QED) is 0.827. The molecule has 0 aromatic carbocycles. The molecule has 5 heteroatoms. The van der Waals surface area contributed by atoms with Crippen molar-refractivity contribution in [3.05, 3.63) is 24.0 Å². The van der Waals surface area contributed by atoms with Crippen LogP contribution < -0.4 is 4.90 Å². The van der Waals surface area contributed by atoms with E-state index in [2.05, 4.69) is 4.98 Å². The van der Waals surface area contributed by atoms with Crippen molar-refractivity contribution in [1.82, 2.24) is 9.88 Å². The lowest BCUT2D eigenvalue weighted by Gasteiger charge is -2.44. The van der Waals surface area contributed by atoms with Crippen LogP contribution in [-0.4, -0.2) is 54.7 Å². The number of pyridine rings is 1. The van der Waals surface area contributed by atoms with Crippen LogP contribution in [0.2, 0.25) is 0 Å². The molecule has 1 aromatic heterocycles. The predicted molar refractivity (Wildman–Crippen MR) is 79.1 cm³/mol. The maximum Gasteiger partial charge on any atom is 0.273 e. The molecule has 1 aliphatic heterocycles. The molecule has 1 aliphatic rings. The third kappa shape index (κ3) is 2.93. The number of nitrogens with zero attached hydrogens (tertiary/aromatic N) is 3. The standard InChI is InChI=1S/C15H23N3O2/c1-11-9-18(15(2,3)10-20-11)14(19)13-8-12(17(4)5)6-7-16-13/h6-8,11H,9-10H2,1-5H3/t11-/m0/s1. The van der Waals surface area contributed by atoms with E-state index in [-0.39, 0.29) is 17.6 Å². The second-order valence-electron chi connectivity index (χ2n) is 6.14. The molecule has 0 N–H and O–H groups in total. The molecule has 110 valence electrons. The Hall–Kier alpha value is -1.62. The fraction of sp³-hybridized carbons (Fsp3) is 0.600. The topological polar surface area (TPSA) is 45.7 Å². The van der Waals surface area contributed by atoms with Gasteiger partial charge in [0, 0.05) is 32.5 Å². The number of hydrogen-bond donors (Lipinski definition) is 0. The molecule has 0 spiro atoms. The number of carbonyl (C=O) groups excluding carboxylic acids is 1. The van der Waals surface area contributed by atoms with Crippen molar-refractivity contribution in [1.29, 1.82) is 0 Å². The molecular weight excluding hydrogens is 254 g/mol. The van der Waals surface area contributed by atoms with E-state index in [0.717, 1.165) is 5.69 Å². The Labute approximate surface area is 120 Å². The van der Waals surface area contributed by atoms with Crippen molar-refractivity contribution < 1.29 is 9.53 Å². The minimum absolute atomic E-state index is 0.0335. The summed E-state index contributed by atoms with van der Waals surface area (Å²) in [6.45, 7) is 7.17. The Morgan fingerprint density at radius 1 is 1.50 bits per heavy atom. The van der Waals surface area contributed by atoms with Crippen molar-refractivity contribution in [2.24, 2.45) is 0 Å². The van der Waals surface area contributed by atoms with Gasteiger partial charge in [0.1, 0.15) is 5.69 Å². The highest BCUT2D eigenvalue weighted by molar-refractivity contribution is 5.93. The van der Waals surface area contributed by atoms with Crippen LogP contribution in [0, 0.1) is 0 Å². The average Bonchev–Trinajstić information content (AvgIpc) is 2.41. The van der Waals surface area contributed by atoms with Crippen molar-refractivity contribution in [3.63, 3.8) is 0 Å². The van der Waals surface area contributed by atoms with Gasteiger partial charge < -0.3 is 14.5 Å². The number of anilines is 1. The number of morpholine rings is 1. The van der Waals surface area contributed by atoms with Gasteiger partial charge in [-0.05, 0) is 32.9 Å². The molecule has 1 fully saturated rings. The molecule has 2 heterocycles. The zero-order valence-electron chi connectivity index (χ0n) is 12.9. The average molecular weight is 277 g/mol. The Balaban J connectivity index is 2.27. The second-order valence-corrected chi connectivity index (χ2v) is 6.14. The van der Waals surface area contributed by atoms with E-state index < -0.39 is 0 Å². The monoisotopic (exact) mass is 277 g/mol. The largest absolute Gasteiger partial charge is 0.378 e. The lowest BCUT2D eigenvalue weighted by atomic mass is 10.00. The number of rotatable bonds is 2. The van der Waals surface area contributed by atoms with E-state index >= 15 is 0 Å². The van der Waals surface area contributed by atoms with Crippen molar-refractivity contribution in [3.8, 4) is 0 Å². The normalized spacial score (nSPS) is 21.6. The third-order valence-electron chi connectivity index (χ3n) is 3.62. The van der Waals surface area contributed by atoms with Gasteiger partial charge in [-0.1, -0.05) is 0 Å². The molecule has 20 heavy (non-hydrogen) atoms. The summed E-state index contributed by atoms with van der Waals surface area (Å²) in [5.41, 5.74) is 1.15. The first-order chi connectivity index (χ1) is 9.31. The molecule has 0 radical (unpaired) electrons. The fourth-order valence-electron chi connectivity index (χ4n) is 2.29. The van der Waals surface area contributed by atoms with Gasteiger partial charge in [-0.3, -0.25) is 9.78 Å². The summed E-state index contributed by atoms with van der Waals surface area (Å²) in [6.07, 6.45) is 1.74. The third-order valence-corrected chi connectivity index (χ3v) is 3.62. The number of amides is 1. The molecule has 1 atom stereocenters. The van der Waals surface area contributed by atoms with Crippen molar-refractivity contribution in [2.45, 2.75) is 32.4 Å². The molecule has 0 bridgehead atoms. The maximum absolute atomic E-state index is 12.7. The zero-order chi connectivity index (χ0) is 14.9. The van der Waals surface area contributed by atoms with Crippen LogP contribution in [0.15, 0.2) is 18.3 Å². The number of hydrogen-bond acceptors (Lipinski definition) is 4. The van der Waals surface area contributed by atoms with Crippen LogP contribution >= 0.6 is 0 Å². The van der Waals surface area contributed by atoms with E-state index in [1.165, 1.54) is 0 Å². The molecule has 5 nitrogen and oxygen atoms in total. The number of aromatic nitrogens is 1. The van der Waals surface area contributed by atoms with Gasteiger partial charge in [0.2, 0.25) is 0 Å². The summed E-state index contributed by atoms with van der Waals surface area (Å²) in [5.74, 6) is -0.0335. The molecular formula is C15H23N3O2. The van der Waals surface area contributed by atoms with E-state index in [1.807, 2.05) is 56.8 Å². The first kappa shape index (κ1) is 14.8. The van der Waals surface area contributed by atoms with E-state index in [0.29, 0.717) is 18.8 Å². The van der Waals surface area contributed by atoms with Crippen LogP contribution in [-0.2, 0) is 4.74 Å². The lowest BCUT2D eigenvalue weighted by molar-refractivity contribution is -0.0757. The smallest absolute Gasteiger partial charge is 0.273 e. The predicted octanol–water partition coefficient (Wildman–Crippen LogP) is 1.79. The Morgan fingerprint density at radius 3 is 2.85 bits per heavy atom. The van der Waals surface area contributed by atoms with Crippen LogP contribution in [0.25, 0.3) is 0 Å². The van der Waals surface area contributed by atoms with E-state index in [9.17, 15) is 4.79 Å². The van der Waals surface area contributed by atoms with Gasteiger partial charge in [0.05, 0.1) is 18.2 Å². The Morgan fingerprint density at radius 2 is 2.20 bits per heavy atom. The lowest BCUT2D eigenvalue weighted by Crippen LogP contribution is -2.57. The number of ether oxygens (including phenoxy) is 1. The van der Waals surface area contributed by atoms with Crippen molar-refractivity contribution in [2.75, 3.05) is 32.1 Å². The maximum atomic E-state index is 12.7. The van der Waals surface area contributed by atoms with Gasteiger partial charge in [-0.25, -0.2) is 0 Å². The highest BCUT2D eigenvalue weighted by Crippen LogP contribution is 2.24.